The Hall–Kier alpha value is -2.60. The van der Waals surface area contributed by atoms with Crippen LogP contribution in [0.25, 0.3) is 0 Å². The highest BCUT2D eigenvalue weighted by Gasteiger charge is 2.39. The lowest BCUT2D eigenvalue weighted by atomic mass is 9.91. The minimum atomic E-state index is -0.485. The molecule has 6 heteroatoms. The summed E-state index contributed by atoms with van der Waals surface area (Å²) in [7, 11) is 1.95. The Kier molecular flexibility index (Phi) is 5.48. The van der Waals surface area contributed by atoms with Gasteiger partial charge in [-0.05, 0) is 55.6 Å². The topological polar surface area (TPSA) is 65.8 Å². The molecule has 4 rings (SSSR count). The molecule has 2 aliphatic heterocycles. The van der Waals surface area contributed by atoms with Crippen molar-refractivity contribution < 1.29 is 14.0 Å². The Morgan fingerprint density at radius 3 is 2.75 bits per heavy atom. The number of nitrogens with one attached hydrogen (secondary N) is 1. The molecule has 1 fully saturated rings. The summed E-state index contributed by atoms with van der Waals surface area (Å²) >= 11 is 0. The zero-order valence-electron chi connectivity index (χ0n) is 16.3. The van der Waals surface area contributed by atoms with Gasteiger partial charge >= 0.3 is 0 Å². The van der Waals surface area contributed by atoms with Gasteiger partial charge in [0.15, 0.2) is 5.76 Å². The number of likely N-dealkylation sites (tertiary alicyclic amines) is 1. The largest absolute Gasteiger partial charge is 0.459 e. The molecule has 0 spiro atoms. The number of carbonyl (C=O) groups excluding carboxylic acids is 2. The summed E-state index contributed by atoms with van der Waals surface area (Å²) in [6, 6.07) is 10.9. The fourth-order valence-electron chi connectivity index (χ4n) is 4.43. The minimum Gasteiger partial charge on any atom is -0.459 e. The second-order valence-electron chi connectivity index (χ2n) is 7.75. The molecule has 1 aromatic carbocycles. The smallest absolute Gasteiger partial charge is 0.290 e. The molecule has 148 valence electrons. The second-order valence-corrected chi connectivity index (χ2v) is 7.75. The number of carbonyl (C=O) groups is 2. The van der Waals surface area contributed by atoms with Crippen LogP contribution in [0.1, 0.15) is 34.5 Å². The van der Waals surface area contributed by atoms with Crippen LogP contribution in [0.3, 0.4) is 0 Å². The Bertz CT molecular complexity index is 831. The first-order valence-corrected chi connectivity index (χ1v) is 10.0. The lowest BCUT2D eigenvalue weighted by Gasteiger charge is -2.40. The first-order chi connectivity index (χ1) is 13.7. The van der Waals surface area contributed by atoms with Crippen LogP contribution in [0.4, 0.5) is 0 Å². The fourth-order valence-corrected chi connectivity index (χ4v) is 4.43. The molecule has 1 N–H and O–H groups in total. The molecule has 0 bridgehead atoms. The van der Waals surface area contributed by atoms with Crippen LogP contribution >= 0.6 is 0 Å². The van der Waals surface area contributed by atoms with Gasteiger partial charge < -0.3 is 19.5 Å². The van der Waals surface area contributed by atoms with Crippen LogP contribution in [0.5, 0.6) is 0 Å². The van der Waals surface area contributed by atoms with Gasteiger partial charge in [0.05, 0.1) is 6.26 Å². The lowest BCUT2D eigenvalue weighted by Crippen LogP contribution is -2.55. The molecule has 6 nitrogen and oxygen atoms in total. The van der Waals surface area contributed by atoms with Gasteiger partial charge in [0, 0.05) is 26.1 Å². The number of hydrogen-bond donors (Lipinski definition) is 1. The molecule has 2 atom stereocenters. The SMILES string of the molecule is CNCC1CCCN(C(=O)C2Cc3ccccc3CN2C(=O)c2ccco2)C1. The second kappa shape index (κ2) is 8.19. The van der Waals surface area contributed by atoms with Crippen molar-refractivity contribution in [3.8, 4) is 0 Å². The van der Waals surface area contributed by atoms with Gasteiger partial charge in [-0.3, -0.25) is 9.59 Å². The number of piperidine rings is 1. The summed E-state index contributed by atoms with van der Waals surface area (Å²) in [6.45, 7) is 2.85. The molecule has 28 heavy (non-hydrogen) atoms. The Morgan fingerprint density at radius 1 is 1.18 bits per heavy atom. The average Bonchev–Trinajstić information content (AvgIpc) is 3.27. The number of hydrogen-bond acceptors (Lipinski definition) is 4. The Morgan fingerprint density at radius 2 is 2.00 bits per heavy atom. The molecular formula is C22H27N3O3. The average molecular weight is 381 g/mol. The van der Waals surface area contributed by atoms with Crippen LogP contribution in [-0.4, -0.2) is 54.3 Å². The van der Waals surface area contributed by atoms with Crippen molar-refractivity contribution in [2.24, 2.45) is 5.92 Å². The van der Waals surface area contributed by atoms with Gasteiger partial charge in [0.2, 0.25) is 5.91 Å². The standard InChI is InChI=1S/C22H27N3O3/c1-23-13-16-6-4-10-24(14-16)21(26)19-12-17-7-2-3-8-18(17)15-25(19)22(27)20-9-5-11-28-20/h2-3,5,7-9,11,16,19,23H,4,6,10,12-15H2,1H3. The van der Waals surface area contributed by atoms with Gasteiger partial charge in [0.1, 0.15) is 6.04 Å². The van der Waals surface area contributed by atoms with E-state index in [0.29, 0.717) is 18.9 Å². The number of rotatable bonds is 4. The summed E-state index contributed by atoms with van der Waals surface area (Å²) in [5, 5.41) is 3.22. The number of nitrogens with zero attached hydrogens (tertiary/aromatic N) is 2. The third-order valence-corrected chi connectivity index (χ3v) is 5.85. The molecule has 1 aromatic heterocycles. The van der Waals surface area contributed by atoms with Crippen LogP contribution in [0.2, 0.25) is 0 Å². The monoisotopic (exact) mass is 381 g/mol. The van der Waals surface area contributed by atoms with E-state index in [9.17, 15) is 9.59 Å². The van der Waals surface area contributed by atoms with Gasteiger partial charge in [-0.1, -0.05) is 24.3 Å². The summed E-state index contributed by atoms with van der Waals surface area (Å²) in [4.78, 5) is 30.2. The van der Waals surface area contributed by atoms with Crippen molar-refractivity contribution >= 4 is 11.8 Å². The molecule has 3 heterocycles. The Labute approximate surface area is 165 Å². The zero-order valence-corrected chi connectivity index (χ0v) is 16.3. The van der Waals surface area contributed by atoms with Gasteiger partial charge in [-0.25, -0.2) is 0 Å². The summed E-state index contributed by atoms with van der Waals surface area (Å²) in [5.41, 5.74) is 2.24. The molecule has 2 aromatic rings. The minimum absolute atomic E-state index is 0.0511. The van der Waals surface area contributed by atoms with E-state index in [2.05, 4.69) is 11.4 Å². The van der Waals surface area contributed by atoms with Crippen LogP contribution < -0.4 is 5.32 Å². The fraction of sp³-hybridized carbons (Fsp3) is 0.455. The van der Waals surface area contributed by atoms with Crippen molar-refractivity contribution in [3.63, 3.8) is 0 Å². The van der Waals surface area contributed by atoms with Gasteiger partial charge in [-0.15, -0.1) is 0 Å². The van der Waals surface area contributed by atoms with Crippen molar-refractivity contribution in [3.05, 3.63) is 59.5 Å². The summed E-state index contributed by atoms with van der Waals surface area (Å²) < 4.78 is 5.33. The molecule has 2 aliphatic rings. The normalized spacial score (nSPS) is 22.0. The predicted octanol–water partition coefficient (Wildman–Crippen LogP) is 2.30. The van der Waals surface area contributed by atoms with Gasteiger partial charge in [-0.2, -0.15) is 0 Å². The third kappa shape index (κ3) is 3.69. The molecule has 1 saturated heterocycles. The lowest BCUT2D eigenvalue weighted by molar-refractivity contribution is -0.138. The molecular weight excluding hydrogens is 354 g/mol. The number of amides is 2. The molecule has 2 unspecified atom stereocenters. The third-order valence-electron chi connectivity index (χ3n) is 5.85. The molecule has 0 saturated carbocycles. The number of furan rings is 1. The predicted molar refractivity (Wildman–Crippen MR) is 106 cm³/mol. The van der Waals surface area contributed by atoms with Gasteiger partial charge in [0.25, 0.3) is 5.91 Å². The van der Waals surface area contributed by atoms with Crippen LogP contribution in [0.15, 0.2) is 47.1 Å². The van der Waals surface area contributed by atoms with E-state index in [1.165, 1.54) is 6.26 Å². The highest BCUT2D eigenvalue weighted by Crippen LogP contribution is 2.27. The molecule has 2 amide bonds. The van der Waals surface area contributed by atoms with E-state index in [-0.39, 0.29) is 17.6 Å². The highest BCUT2D eigenvalue weighted by atomic mass is 16.3. The van der Waals surface area contributed by atoms with E-state index in [0.717, 1.165) is 43.6 Å². The summed E-state index contributed by atoms with van der Waals surface area (Å²) in [5.74, 6) is 0.577. The van der Waals surface area contributed by atoms with E-state index in [1.807, 2.05) is 30.1 Å². The first-order valence-electron chi connectivity index (χ1n) is 10.0. The van der Waals surface area contributed by atoms with E-state index < -0.39 is 6.04 Å². The van der Waals surface area contributed by atoms with E-state index in [4.69, 9.17) is 4.42 Å². The van der Waals surface area contributed by atoms with Crippen molar-refractivity contribution in [2.75, 3.05) is 26.7 Å². The van der Waals surface area contributed by atoms with Crippen LogP contribution in [0, 0.1) is 5.92 Å². The highest BCUT2D eigenvalue weighted by molar-refractivity contribution is 5.96. The maximum Gasteiger partial charge on any atom is 0.290 e. The van der Waals surface area contributed by atoms with Crippen molar-refractivity contribution in [2.45, 2.75) is 31.8 Å². The Balaban J connectivity index is 1.60. The number of fused-ring (bicyclic) bond motifs is 1. The van der Waals surface area contributed by atoms with E-state index >= 15 is 0 Å². The molecule has 0 radical (unpaired) electrons. The zero-order chi connectivity index (χ0) is 19.5. The van der Waals surface area contributed by atoms with Crippen LogP contribution in [-0.2, 0) is 17.8 Å². The molecule has 0 aliphatic carbocycles. The van der Waals surface area contributed by atoms with Crippen molar-refractivity contribution in [1.82, 2.24) is 15.1 Å². The first kappa shape index (κ1) is 18.7. The maximum atomic E-state index is 13.5. The number of benzene rings is 1. The summed E-state index contributed by atoms with van der Waals surface area (Å²) in [6.07, 6.45) is 4.18. The quantitative estimate of drug-likeness (QED) is 0.883. The maximum absolute atomic E-state index is 13.5. The van der Waals surface area contributed by atoms with Crippen molar-refractivity contribution in [1.29, 1.82) is 0 Å². The van der Waals surface area contributed by atoms with E-state index in [1.54, 1.807) is 17.0 Å².